The molecule has 0 unspecified atom stereocenters. The van der Waals surface area contributed by atoms with Crippen molar-refractivity contribution in [3.63, 3.8) is 0 Å². The summed E-state index contributed by atoms with van der Waals surface area (Å²) < 4.78 is 2.10. The number of anilines is 1. The predicted octanol–water partition coefficient (Wildman–Crippen LogP) is 1.70. The summed E-state index contributed by atoms with van der Waals surface area (Å²) in [5.41, 5.74) is 7.86. The summed E-state index contributed by atoms with van der Waals surface area (Å²) in [6, 6.07) is 1.60. The Morgan fingerprint density at radius 3 is 2.50 bits per heavy atom. The quantitative estimate of drug-likeness (QED) is 0.779. The minimum Gasteiger partial charge on any atom is -0.394 e. The van der Waals surface area contributed by atoms with E-state index in [1.165, 1.54) is 0 Å². The number of aryl methyl sites for hydroxylation is 1. The molecule has 0 aliphatic rings. The molecule has 2 N–H and O–H groups in total. The van der Waals surface area contributed by atoms with Gasteiger partial charge >= 0.3 is 0 Å². The highest BCUT2D eigenvalue weighted by atomic mass is 16.1. The maximum absolute atomic E-state index is 11.4. The zero-order valence-corrected chi connectivity index (χ0v) is 9.29. The minimum absolute atomic E-state index is 0.0694. The van der Waals surface area contributed by atoms with Gasteiger partial charge in [0, 0.05) is 24.0 Å². The summed E-state index contributed by atoms with van der Waals surface area (Å²) in [4.78, 5) is 11.4. The standard InChI is InChI=1S/C11H18N2O/c1-7(2)6-13-8(3)5-10(14)11(12)9(13)4/h5,7H,6,12H2,1-4H3. The first kappa shape index (κ1) is 10.8. The maximum atomic E-state index is 11.4. The molecule has 0 radical (unpaired) electrons. The molecule has 0 saturated heterocycles. The van der Waals surface area contributed by atoms with Crippen LogP contribution in [0.1, 0.15) is 25.2 Å². The van der Waals surface area contributed by atoms with E-state index in [-0.39, 0.29) is 5.43 Å². The van der Waals surface area contributed by atoms with Crippen LogP contribution in [0.3, 0.4) is 0 Å². The number of aromatic nitrogens is 1. The van der Waals surface area contributed by atoms with E-state index in [4.69, 9.17) is 5.73 Å². The highest BCUT2D eigenvalue weighted by Gasteiger charge is 2.07. The summed E-state index contributed by atoms with van der Waals surface area (Å²) >= 11 is 0. The first-order valence-corrected chi connectivity index (χ1v) is 4.90. The number of nitrogen functional groups attached to an aromatic ring is 1. The van der Waals surface area contributed by atoms with Crippen molar-refractivity contribution in [2.45, 2.75) is 34.2 Å². The van der Waals surface area contributed by atoms with Gasteiger partial charge in [0.25, 0.3) is 0 Å². The van der Waals surface area contributed by atoms with Gasteiger partial charge < -0.3 is 10.3 Å². The van der Waals surface area contributed by atoms with Crippen LogP contribution in [0, 0.1) is 19.8 Å². The largest absolute Gasteiger partial charge is 0.394 e. The summed E-state index contributed by atoms with van der Waals surface area (Å²) in [6.07, 6.45) is 0. The Morgan fingerprint density at radius 2 is 2.00 bits per heavy atom. The molecule has 0 amide bonds. The molecule has 1 aromatic rings. The second kappa shape index (κ2) is 3.86. The molecule has 3 heteroatoms. The fourth-order valence-electron chi connectivity index (χ4n) is 1.58. The van der Waals surface area contributed by atoms with Crippen molar-refractivity contribution in [2.24, 2.45) is 5.92 Å². The molecule has 1 rings (SSSR count). The molecule has 0 atom stereocenters. The Balaban J connectivity index is 3.29. The molecule has 0 aliphatic carbocycles. The number of pyridine rings is 1. The topological polar surface area (TPSA) is 48.0 Å². The van der Waals surface area contributed by atoms with Crippen molar-refractivity contribution in [1.29, 1.82) is 0 Å². The molecule has 78 valence electrons. The van der Waals surface area contributed by atoms with E-state index in [0.717, 1.165) is 17.9 Å². The van der Waals surface area contributed by atoms with Gasteiger partial charge in [-0.3, -0.25) is 4.79 Å². The molecule has 1 aromatic heterocycles. The lowest BCUT2D eigenvalue weighted by molar-refractivity contribution is 0.504. The van der Waals surface area contributed by atoms with Gasteiger partial charge in [0.1, 0.15) is 0 Å². The van der Waals surface area contributed by atoms with Crippen LogP contribution in [0.4, 0.5) is 5.69 Å². The van der Waals surface area contributed by atoms with Crippen LogP contribution < -0.4 is 11.2 Å². The average molecular weight is 194 g/mol. The third kappa shape index (κ3) is 1.97. The van der Waals surface area contributed by atoms with E-state index in [1.807, 2.05) is 13.8 Å². The van der Waals surface area contributed by atoms with E-state index in [0.29, 0.717) is 11.6 Å². The lowest BCUT2D eigenvalue weighted by Gasteiger charge is -2.17. The van der Waals surface area contributed by atoms with E-state index in [1.54, 1.807) is 6.07 Å². The zero-order chi connectivity index (χ0) is 10.9. The molecule has 0 bridgehead atoms. The normalized spacial score (nSPS) is 10.9. The maximum Gasteiger partial charge on any atom is 0.204 e. The predicted molar refractivity (Wildman–Crippen MR) is 59.4 cm³/mol. The van der Waals surface area contributed by atoms with Gasteiger partial charge in [-0.25, -0.2) is 0 Å². The third-order valence-corrected chi connectivity index (χ3v) is 2.37. The van der Waals surface area contributed by atoms with Gasteiger partial charge in [-0.15, -0.1) is 0 Å². The van der Waals surface area contributed by atoms with Crippen LogP contribution in [0.15, 0.2) is 10.9 Å². The second-order valence-corrected chi connectivity index (χ2v) is 4.15. The molecular weight excluding hydrogens is 176 g/mol. The van der Waals surface area contributed by atoms with E-state index in [9.17, 15) is 4.79 Å². The number of nitrogens with two attached hydrogens (primary N) is 1. The van der Waals surface area contributed by atoms with Crippen molar-refractivity contribution in [2.75, 3.05) is 5.73 Å². The van der Waals surface area contributed by atoms with Crippen LogP contribution in [-0.2, 0) is 6.54 Å². The van der Waals surface area contributed by atoms with Crippen LogP contribution in [0.25, 0.3) is 0 Å². The average Bonchev–Trinajstić information content (AvgIpc) is 2.09. The third-order valence-electron chi connectivity index (χ3n) is 2.37. The SMILES string of the molecule is Cc1cc(=O)c(N)c(C)n1CC(C)C. The van der Waals surface area contributed by atoms with E-state index >= 15 is 0 Å². The van der Waals surface area contributed by atoms with Crippen LogP contribution >= 0.6 is 0 Å². The molecule has 1 heterocycles. The van der Waals surface area contributed by atoms with Crippen molar-refractivity contribution < 1.29 is 0 Å². The van der Waals surface area contributed by atoms with E-state index < -0.39 is 0 Å². The lowest BCUT2D eigenvalue weighted by Crippen LogP contribution is -2.20. The van der Waals surface area contributed by atoms with Crippen LogP contribution in [0.2, 0.25) is 0 Å². The van der Waals surface area contributed by atoms with Gasteiger partial charge in [-0.05, 0) is 19.8 Å². The Kier molecular flexibility index (Phi) is 2.99. The fraction of sp³-hybridized carbons (Fsp3) is 0.545. The minimum atomic E-state index is -0.0694. The van der Waals surface area contributed by atoms with E-state index in [2.05, 4.69) is 18.4 Å². The lowest BCUT2D eigenvalue weighted by atomic mass is 10.2. The molecule has 0 saturated carbocycles. The van der Waals surface area contributed by atoms with Gasteiger partial charge in [0.2, 0.25) is 5.43 Å². The second-order valence-electron chi connectivity index (χ2n) is 4.15. The first-order chi connectivity index (χ1) is 6.43. The highest BCUT2D eigenvalue weighted by molar-refractivity contribution is 5.43. The number of hydrogen-bond acceptors (Lipinski definition) is 2. The van der Waals surface area contributed by atoms with Crippen molar-refractivity contribution in [3.8, 4) is 0 Å². The molecule has 0 aliphatic heterocycles. The van der Waals surface area contributed by atoms with Gasteiger partial charge in [0.05, 0.1) is 5.69 Å². The summed E-state index contributed by atoms with van der Waals surface area (Å²) in [5, 5.41) is 0. The molecule has 3 nitrogen and oxygen atoms in total. The Morgan fingerprint density at radius 1 is 1.43 bits per heavy atom. The van der Waals surface area contributed by atoms with Crippen molar-refractivity contribution >= 4 is 5.69 Å². The fourth-order valence-corrected chi connectivity index (χ4v) is 1.58. The highest BCUT2D eigenvalue weighted by Crippen LogP contribution is 2.11. The van der Waals surface area contributed by atoms with Crippen LogP contribution in [-0.4, -0.2) is 4.57 Å². The van der Waals surface area contributed by atoms with Gasteiger partial charge in [-0.2, -0.15) is 0 Å². The van der Waals surface area contributed by atoms with Gasteiger partial charge in [0.15, 0.2) is 0 Å². The smallest absolute Gasteiger partial charge is 0.204 e. The summed E-state index contributed by atoms with van der Waals surface area (Å²) in [6.45, 7) is 9.03. The van der Waals surface area contributed by atoms with Crippen molar-refractivity contribution in [1.82, 2.24) is 4.57 Å². The zero-order valence-electron chi connectivity index (χ0n) is 9.29. The van der Waals surface area contributed by atoms with Crippen LogP contribution in [0.5, 0.6) is 0 Å². The summed E-state index contributed by atoms with van der Waals surface area (Å²) in [5.74, 6) is 0.550. The first-order valence-electron chi connectivity index (χ1n) is 4.90. The number of hydrogen-bond donors (Lipinski definition) is 1. The van der Waals surface area contributed by atoms with Gasteiger partial charge in [-0.1, -0.05) is 13.8 Å². The molecular formula is C11H18N2O. The monoisotopic (exact) mass is 194 g/mol. The molecule has 0 aromatic carbocycles. The Hall–Kier alpha value is -1.25. The Bertz CT molecular complexity index is 391. The molecule has 14 heavy (non-hydrogen) atoms. The van der Waals surface area contributed by atoms with Crippen molar-refractivity contribution in [3.05, 3.63) is 27.7 Å². The molecule has 0 spiro atoms. The molecule has 0 fully saturated rings. The summed E-state index contributed by atoms with van der Waals surface area (Å²) in [7, 11) is 0. The Labute approximate surface area is 84.6 Å². The number of rotatable bonds is 2. The number of nitrogens with zero attached hydrogens (tertiary/aromatic N) is 1.